The maximum Gasteiger partial charge on any atom is 0.128 e. The molecule has 19 heavy (non-hydrogen) atoms. The second-order valence-electron chi connectivity index (χ2n) is 4.83. The number of rotatable bonds is 5. The Morgan fingerprint density at radius 3 is 2.79 bits per heavy atom. The molecule has 0 bridgehead atoms. The van der Waals surface area contributed by atoms with Crippen LogP contribution < -0.4 is 4.74 Å². The molecule has 2 rings (SSSR count). The number of aliphatic hydroxyl groups excluding tert-OH is 1. The third-order valence-corrected chi connectivity index (χ3v) is 3.16. The van der Waals surface area contributed by atoms with E-state index in [1.54, 1.807) is 13.3 Å². The fraction of sp³-hybridized carbons (Fsp3) is 0.400. The molecule has 2 aromatic rings. The summed E-state index contributed by atoms with van der Waals surface area (Å²) >= 11 is 0. The summed E-state index contributed by atoms with van der Waals surface area (Å²) in [4.78, 5) is 7.45. The lowest BCUT2D eigenvalue weighted by atomic mass is 10.00. The van der Waals surface area contributed by atoms with E-state index in [9.17, 15) is 0 Å². The molecule has 0 saturated carbocycles. The van der Waals surface area contributed by atoms with Crippen LogP contribution in [0.15, 0.2) is 24.4 Å². The van der Waals surface area contributed by atoms with Crippen LogP contribution in [0.3, 0.4) is 0 Å². The number of ether oxygens (including phenoxy) is 1. The average Bonchev–Trinajstić information content (AvgIpc) is 2.86. The van der Waals surface area contributed by atoms with E-state index in [1.807, 2.05) is 6.07 Å². The molecule has 1 aromatic carbocycles. The fourth-order valence-corrected chi connectivity index (χ4v) is 2.02. The van der Waals surface area contributed by atoms with Crippen molar-refractivity contribution < 1.29 is 9.84 Å². The Labute approximate surface area is 113 Å². The smallest absolute Gasteiger partial charge is 0.128 e. The Bertz CT molecular complexity index is 547. The van der Waals surface area contributed by atoms with Crippen LogP contribution in [0.2, 0.25) is 0 Å². The van der Waals surface area contributed by atoms with E-state index in [4.69, 9.17) is 9.84 Å². The Morgan fingerprint density at radius 2 is 2.16 bits per heavy atom. The Hall–Kier alpha value is -1.81. The lowest BCUT2D eigenvalue weighted by molar-refractivity contribution is 0.297. The monoisotopic (exact) mass is 260 g/mol. The number of hydrogen-bond acceptors (Lipinski definition) is 3. The van der Waals surface area contributed by atoms with Gasteiger partial charge in [0.2, 0.25) is 0 Å². The first kappa shape index (κ1) is 13.6. The molecule has 4 nitrogen and oxygen atoms in total. The van der Waals surface area contributed by atoms with Crippen molar-refractivity contribution in [2.45, 2.75) is 26.2 Å². The maximum atomic E-state index is 8.91. The van der Waals surface area contributed by atoms with Gasteiger partial charge in [-0.05, 0) is 23.6 Å². The number of aromatic nitrogens is 2. The number of benzene rings is 1. The molecule has 0 radical (unpaired) electrons. The molecule has 1 aromatic heterocycles. The van der Waals surface area contributed by atoms with Gasteiger partial charge in [-0.15, -0.1) is 0 Å². The highest BCUT2D eigenvalue weighted by molar-refractivity contribution is 5.67. The first-order valence-electron chi connectivity index (χ1n) is 6.48. The molecule has 102 valence electrons. The summed E-state index contributed by atoms with van der Waals surface area (Å²) in [6.07, 6.45) is 2.31. The van der Waals surface area contributed by atoms with Crippen LogP contribution >= 0.6 is 0 Å². The van der Waals surface area contributed by atoms with Crippen LogP contribution in [0, 0.1) is 0 Å². The summed E-state index contributed by atoms with van der Waals surface area (Å²) in [6.45, 7) is 4.41. The van der Waals surface area contributed by atoms with Gasteiger partial charge in [-0.1, -0.05) is 19.9 Å². The minimum absolute atomic E-state index is 0.0936. The molecule has 4 heteroatoms. The third kappa shape index (κ3) is 2.96. The standard InChI is InChI=1S/C15H20N2O2/c1-10(2)11-4-5-12(14(8-11)19-3)13-9-16-15(17-13)6-7-18/h4-5,8-10,18H,6-7H2,1-3H3,(H,16,17). The summed E-state index contributed by atoms with van der Waals surface area (Å²) in [6, 6.07) is 6.21. The molecular weight excluding hydrogens is 240 g/mol. The highest BCUT2D eigenvalue weighted by atomic mass is 16.5. The summed E-state index contributed by atoms with van der Waals surface area (Å²) in [7, 11) is 1.67. The molecule has 0 aliphatic heterocycles. The largest absolute Gasteiger partial charge is 0.496 e. The van der Waals surface area contributed by atoms with Crippen LogP contribution in [0.4, 0.5) is 0 Å². The molecule has 2 N–H and O–H groups in total. The second kappa shape index (κ2) is 5.89. The Morgan fingerprint density at radius 1 is 1.37 bits per heavy atom. The van der Waals surface area contributed by atoms with Gasteiger partial charge in [0, 0.05) is 12.0 Å². The van der Waals surface area contributed by atoms with Crippen molar-refractivity contribution in [3.63, 3.8) is 0 Å². The highest BCUT2D eigenvalue weighted by Crippen LogP contribution is 2.31. The van der Waals surface area contributed by atoms with Crippen molar-refractivity contribution in [2.24, 2.45) is 0 Å². The SMILES string of the molecule is COc1cc(C(C)C)ccc1-c1cnc(CCO)[nH]1. The van der Waals surface area contributed by atoms with Crippen molar-refractivity contribution in [2.75, 3.05) is 13.7 Å². The fourth-order valence-electron chi connectivity index (χ4n) is 2.02. The normalized spacial score (nSPS) is 11.0. The van der Waals surface area contributed by atoms with Crippen molar-refractivity contribution in [3.8, 4) is 17.0 Å². The molecule has 0 amide bonds. The van der Waals surface area contributed by atoms with Gasteiger partial charge in [0.15, 0.2) is 0 Å². The van der Waals surface area contributed by atoms with Crippen LogP contribution in [0.25, 0.3) is 11.3 Å². The van der Waals surface area contributed by atoms with Gasteiger partial charge in [-0.3, -0.25) is 0 Å². The lowest BCUT2D eigenvalue weighted by Gasteiger charge is -2.11. The number of H-pyrrole nitrogens is 1. The molecule has 1 heterocycles. The van der Waals surface area contributed by atoms with Gasteiger partial charge in [-0.25, -0.2) is 4.98 Å². The van der Waals surface area contributed by atoms with Gasteiger partial charge in [0.1, 0.15) is 11.6 Å². The summed E-state index contributed by atoms with van der Waals surface area (Å²) in [5.41, 5.74) is 3.15. The van der Waals surface area contributed by atoms with Gasteiger partial charge >= 0.3 is 0 Å². The van der Waals surface area contributed by atoms with E-state index in [0.29, 0.717) is 12.3 Å². The number of methoxy groups -OCH3 is 1. The van der Waals surface area contributed by atoms with Gasteiger partial charge in [0.25, 0.3) is 0 Å². The number of nitrogens with one attached hydrogen (secondary N) is 1. The van der Waals surface area contributed by atoms with Gasteiger partial charge in [-0.2, -0.15) is 0 Å². The van der Waals surface area contributed by atoms with E-state index >= 15 is 0 Å². The number of nitrogens with zero attached hydrogens (tertiary/aromatic N) is 1. The lowest BCUT2D eigenvalue weighted by Crippen LogP contribution is -1.94. The first-order chi connectivity index (χ1) is 9.15. The van der Waals surface area contributed by atoms with E-state index < -0.39 is 0 Å². The van der Waals surface area contributed by atoms with Crippen molar-refractivity contribution in [1.82, 2.24) is 9.97 Å². The third-order valence-electron chi connectivity index (χ3n) is 3.16. The zero-order chi connectivity index (χ0) is 13.8. The first-order valence-corrected chi connectivity index (χ1v) is 6.48. The van der Waals surface area contributed by atoms with Crippen LogP contribution in [0.1, 0.15) is 31.2 Å². The molecule has 0 unspecified atom stereocenters. The van der Waals surface area contributed by atoms with Crippen molar-refractivity contribution in [3.05, 3.63) is 35.8 Å². The number of hydrogen-bond donors (Lipinski definition) is 2. The topological polar surface area (TPSA) is 58.1 Å². The van der Waals surface area contributed by atoms with Gasteiger partial charge < -0.3 is 14.8 Å². The number of imidazole rings is 1. The van der Waals surface area contributed by atoms with Crippen LogP contribution in [-0.2, 0) is 6.42 Å². The molecular formula is C15H20N2O2. The van der Waals surface area contributed by atoms with E-state index in [2.05, 4.69) is 35.9 Å². The summed E-state index contributed by atoms with van der Waals surface area (Å²) in [5.74, 6) is 2.09. The highest BCUT2D eigenvalue weighted by Gasteiger charge is 2.11. The van der Waals surface area contributed by atoms with Gasteiger partial charge in [0.05, 0.1) is 25.6 Å². The average molecular weight is 260 g/mol. The molecule has 0 aliphatic carbocycles. The molecule has 0 atom stereocenters. The minimum Gasteiger partial charge on any atom is -0.496 e. The quantitative estimate of drug-likeness (QED) is 0.869. The number of aliphatic hydroxyl groups is 1. The Balaban J connectivity index is 2.37. The molecule has 0 saturated heterocycles. The van der Waals surface area contributed by atoms with Crippen LogP contribution in [0.5, 0.6) is 5.75 Å². The minimum atomic E-state index is 0.0936. The zero-order valence-electron chi connectivity index (χ0n) is 11.6. The number of aromatic amines is 1. The predicted octanol–water partition coefficient (Wildman–Crippen LogP) is 2.74. The second-order valence-corrected chi connectivity index (χ2v) is 4.83. The van der Waals surface area contributed by atoms with E-state index in [0.717, 1.165) is 22.8 Å². The maximum absolute atomic E-state index is 8.91. The molecule has 0 fully saturated rings. The molecule has 0 aliphatic rings. The zero-order valence-corrected chi connectivity index (χ0v) is 11.6. The van der Waals surface area contributed by atoms with Crippen LogP contribution in [-0.4, -0.2) is 28.8 Å². The van der Waals surface area contributed by atoms with Crippen molar-refractivity contribution in [1.29, 1.82) is 0 Å². The van der Waals surface area contributed by atoms with E-state index in [1.165, 1.54) is 5.56 Å². The predicted molar refractivity (Wildman–Crippen MR) is 75.5 cm³/mol. The summed E-state index contributed by atoms with van der Waals surface area (Å²) in [5, 5.41) is 8.91. The summed E-state index contributed by atoms with van der Waals surface area (Å²) < 4.78 is 5.46. The van der Waals surface area contributed by atoms with Crippen molar-refractivity contribution >= 4 is 0 Å². The molecule has 0 spiro atoms. The van der Waals surface area contributed by atoms with E-state index in [-0.39, 0.29) is 6.61 Å². The Kier molecular flexibility index (Phi) is 4.22.